The molecule has 9 aromatic rings. The second-order valence-corrected chi connectivity index (χ2v) is 11.1. The van der Waals surface area contributed by atoms with Crippen molar-refractivity contribution in [2.75, 3.05) is 0 Å². The van der Waals surface area contributed by atoms with Gasteiger partial charge in [-0.3, -0.25) is 0 Å². The summed E-state index contributed by atoms with van der Waals surface area (Å²) in [6.07, 6.45) is 0. The third-order valence-electron chi connectivity index (χ3n) is 6.57. The van der Waals surface area contributed by atoms with Gasteiger partial charge < -0.3 is 0 Å². The van der Waals surface area contributed by atoms with Crippen LogP contribution < -0.4 is 0 Å². The third-order valence-corrected chi connectivity index (χ3v) is 8.71. The average Bonchev–Trinajstić information content (AvgIpc) is 3.90. The molecule has 3 nitrogen and oxygen atoms in total. The Morgan fingerprint density at radius 2 is 1.05 bits per heavy atom. The van der Waals surface area contributed by atoms with Gasteiger partial charge in [0.05, 0.1) is 31.5 Å². The highest BCUT2D eigenvalue weighted by Crippen LogP contribution is 2.42. The smallest absolute Gasteiger partial charge is 0.165 e. The van der Waals surface area contributed by atoms with Gasteiger partial charge in [-0.25, -0.2) is 15.0 Å². The predicted molar refractivity (Wildman–Crippen MR) is 187 cm³/mol. The molecule has 0 saturated heterocycles. The van der Waals surface area contributed by atoms with Gasteiger partial charge in [-0.05, 0) is 35.3 Å². The quantitative estimate of drug-likeness (QED) is 0.196. The lowest BCUT2D eigenvalue weighted by Crippen LogP contribution is -2.00. The van der Waals surface area contributed by atoms with Gasteiger partial charge in [0, 0.05) is 57.0 Å². The fourth-order valence-electron chi connectivity index (χ4n) is 4.68. The lowest BCUT2D eigenvalue weighted by molar-refractivity contribution is 1.08. The molecule has 0 aliphatic heterocycles. The fraction of sp³-hybridized carbons (Fsp3) is 0. The Bertz CT molecular complexity index is 3750. The minimum Gasteiger partial charge on any atom is -0.208 e. The Hall–Kier alpha value is -5.23. The van der Waals surface area contributed by atoms with E-state index in [-0.39, 0.29) is 45.9 Å². The van der Waals surface area contributed by atoms with Crippen LogP contribution in [-0.4, -0.2) is 15.0 Å². The monoisotopic (exact) mass is 620 g/mol. The first-order chi connectivity index (χ1) is 31.4. The Kier molecular flexibility index (Phi) is 2.63. The molecule has 0 aliphatic rings. The molecular weight excluding hydrogens is 575 g/mol. The summed E-state index contributed by atoms with van der Waals surface area (Å²) < 4.78 is 200. The van der Waals surface area contributed by atoms with Gasteiger partial charge in [0.2, 0.25) is 0 Å². The van der Waals surface area contributed by atoms with E-state index < -0.39 is 179 Å². The number of hydrogen-bond donors (Lipinski definition) is 0. The van der Waals surface area contributed by atoms with Crippen LogP contribution >= 0.6 is 22.7 Å². The van der Waals surface area contributed by atoms with Crippen LogP contribution in [0.5, 0.6) is 0 Å². The molecule has 0 N–H and O–H groups in total. The van der Waals surface area contributed by atoms with Crippen LogP contribution in [0.25, 0.3) is 85.6 Å². The summed E-state index contributed by atoms with van der Waals surface area (Å²) in [5, 5.41) is -0.823. The molecule has 9 rings (SSSR count). The van der Waals surface area contributed by atoms with Gasteiger partial charge in [-0.2, -0.15) is 0 Å². The zero-order valence-corrected chi connectivity index (χ0v) is 23.3. The highest BCUT2D eigenvalue weighted by Gasteiger charge is 2.18. The number of fused-ring (bicyclic) bond motifs is 6. The highest BCUT2D eigenvalue weighted by molar-refractivity contribution is 7.26. The Labute approximate surface area is 294 Å². The van der Waals surface area contributed by atoms with E-state index in [1.165, 1.54) is 0 Å². The standard InChI is InChI=1S/C39H23N3S2/c1-3-11-24(12-4-1)27-16-10-20-33-35(27)30-22-21-26(23-34(30)43-33)38-40-37(25-13-5-2-6-14-25)41-39(42-38)31-18-9-17-29-28-15-7-8-19-32(28)44-36(29)31/h1-23H/i1D,2D,3D,4D,5D,6D,7D,8D,9D,10D,11D,12D,13D,14D,15D,16D,17D,18D,19D,20D,21D,22D,23D. The van der Waals surface area contributed by atoms with Crippen LogP contribution in [0.4, 0.5) is 0 Å². The van der Waals surface area contributed by atoms with Crippen LogP contribution in [0.1, 0.15) is 31.5 Å². The predicted octanol–water partition coefficient (Wildman–Crippen LogP) is 11.3. The number of benzene rings is 6. The van der Waals surface area contributed by atoms with E-state index in [4.69, 9.17) is 27.4 Å². The van der Waals surface area contributed by atoms with Crippen LogP contribution in [0.15, 0.2) is 139 Å². The van der Waals surface area contributed by atoms with Crippen molar-refractivity contribution < 1.29 is 31.5 Å². The number of hydrogen-bond acceptors (Lipinski definition) is 5. The van der Waals surface area contributed by atoms with Gasteiger partial charge >= 0.3 is 0 Å². The zero-order chi connectivity index (χ0) is 49.1. The topological polar surface area (TPSA) is 38.7 Å². The normalized spacial score (nSPS) is 19.0. The molecule has 44 heavy (non-hydrogen) atoms. The van der Waals surface area contributed by atoms with E-state index >= 15 is 0 Å². The highest BCUT2D eigenvalue weighted by atomic mass is 32.1. The summed E-state index contributed by atoms with van der Waals surface area (Å²) in [5.74, 6) is -1.92. The van der Waals surface area contributed by atoms with Gasteiger partial charge in [-0.15, -0.1) is 22.7 Å². The molecule has 0 fully saturated rings. The van der Waals surface area contributed by atoms with E-state index in [2.05, 4.69) is 15.0 Å². The second kappa shape index (κ2) is 10.2. The number of nitrogens with zero attached hydrogens (tertiary/aromatic N) is 3. The summed E-state index contributed by atoms with van der Waals surface area (Å²) in [6, 6.07) is -16.3. The Balaban J connectivity index is 1.45. The third kappa shape index (κ3) is 4.13. The first-order valence-corrected chi connectivity index (χ1v) is 14.3. The Morgan fingerprint density at radius 3 is 1.89 bits per heavy atom. The van der Waals surface area contributed by atoms with Crippen molar-refractivity contribution in [1.82, 2.24) is 15.0 Å². The van der Waals surface area contributed by atoms with Crippen molar-refractivity contribution >= 4 is 63.0 Å². The summed E-state index contributed by atoms with van der Waals surface area (Å²) in [4.78, 5) is 13.3. The maximum Gasteiger partial charge on any atom is 0.165 e. The van der Waals surface area contributed by atoms with Crippen molar-refractivity contribution in [3.8, 4) is 45.3 Å². The van der Waals surface area contributed by atoms with E-state index in [1.54, 1.807) is 0 Å². The van der Waals surface area contributed by atoms with Crippen LogP contribution in [-0.2, 0) is 0 Å². The van der Waals surface area contributed by atoms with Gasteiger partial charge in [0.15, 0.2) is 17.5 Å². The lowest BCUT2D eigenvalue weighted by atomic mass is 9.99. The first kappa shape index (κ1) is 11.4. The molecule has 5 heteroatoms. The molecule has 0 saturated carbocycles. The Morgan fingerprint density at radius 1 is 0.409 bits per heavy atom. The van der Waals surface area contributed by atoms with E-state index in [9.17, 15) is 4.11 Å². The van der Waals surface area contributed by atoms with Crippen molar-refractivity contribution in [2.24, 2.45) is 0 Å². The maximum absolute atomic E-state index is 9.57. The molecule has 0 spiro atoms. The molecule has 0 radical (unpaired) electrons. The van der Waals surface area contributed by atoms with Crippen molar-refractivity contribution in [3.63, 3.8) is 0 Å². The molecule has 0 amide bonds. The molecule has 0 bridgehead atoms. The van der Waals surface area contributed by atoms with Crippen LogP contribution in [0.3, 0.4) is 0 Å². The summed E-state index contributed by atoms with van der Waals surface area (Å²) in [5.41, 5.74) is -2.49. The van der Waals surface area contributed by atoms with Crippen molar-refractivity contribution in [2.45, 2.75) is 0 Å². The van der Waals surface area contributed by atoms with Crippen molar-refractivity contribution in [3.05, 3.63) is 139 Å². The molecule has 6 aromatic carbocycles. The SMILES string of the molecule is [2H]c1c([2H])c([2H])c(-c2nc(-c3c([2H])c([2H])c4c(sc5c([2H])c([2H])c([2H])c(-c6c([2H])c([2H])c([2H])c([2H])c6[2H])c54)c3[2H])nc(-c3c([2H])c([2H])c([2H])c4c3sc3c([2H])c([2H])c([2H])c([2H])c34)n2)c([2H])c1[2H]. The van der Waals surface area contributed by atoms with Crippen LogP contribution in [0, 0.1) is 0 Å². The molecule has 3 heterocycles. The van der Waals surface area contributed by atoms with Crippen LogP contribution in [0.2, 0.25) is 0 Å². The van der Waals surface area contributed by atoms with Gasteiger partial charge in [0.25, 0.3) is 0 Å². The zero-order valence-electron chi connectivity index (χ0n) is 44.7. The van der Waals surface area contributed by atoms with E-state index in [0.29, 0.717) is 22.7 Å². The number of aromatic nitrogens is 3. The van der Waals surface area contributed by atoms with Gasteiger partial charge in [0.1, 0.15) is 0 Å². The summed E-state index contributed by atoms with van der Waals surface area (Å²) in [7, 11) is 0. The molecular formula is C39H23N3S2. The lowest BCUT2D eigenvalue weighted by Gasteiger charge is -2.09. The second-order valence-electron chi connectivity index (χ2n) is 9.08. The molecule has 3 aromatic heterocycles. The number of rotatable bonds is 4. The summed E-state index contributed by atoms with van der Waals surface area (Å²) >= 11 is 1.37. The molecule has 206 valence electrons. The van der Waals surface area contributed by atoms with Gasteiger partial charge in [-0.1, -0.05) is 115 Å². The van der Waals surface area contributed by atoms with E-state index in [1.807, 2.05) is 0 Å². The minimum atomic E-state index is -0.814. The first-order valence-electron chi connectivity index (χ1n) is 24.2. The number of thiophene rings is 2. The van der Waals surface area contributed by atoms with E-state index in [0.717, 1.165) is 0 Å². The fourth-order valence-corrected chi connectivity index (χ4v) is 6.76. The average molecular weight is 621 g/mol. The minimum absolute atomic E-state index is 0.0553. The largest absolute Gasteiger partial charge is 0.208 e. The van der Waals surface area contributed by atoms with Crippen molar-refractivity contribution in [1.29, 1.82) is 0 Å². The summed E-state index contributed by atoms with van der Waals surface area (Å²) in [6.45, 7) is 0. The molecule has 0 atom stereocenters. The molecule has 0 unspecified atom stereocenters. The molecule has 0 aliphatic carbocycles. The maximum atomic E-state index is 9.57.